The summed E-state index contributed by atoms with van der Waals surface area (Å²) in [6.45, 7) is 3.39. The number of aryl methyl sites for hydroxylation is 2. The van der Waals surface area contributed by atoms with E-state index in [-0.39, 0.29) is 5.78 Å². The summed E-state index contributed by atoms with van der Waals surface area (Å²) in [6, 6.07) is 1.59. The van der Waals surface area contributed by atoms with Crippen LogP contribution < -0.4 is 0 Å². The Bertz CT molecular complexity index is 398. The van der Waals surface area contributed by atoms with Gasteiger partial charge >= 0.3 is 5.97 Å². The molecule has 14 heavy (non-hydrogen) atoms. The van der Waals surface area contributed by atoms with Crippen molar-refractivity contribution in [3.8, 4) is 0 Å². The summed E-state index contributed by atoms with van der Waals surface area (Å²) in [5.41, 5.74) is 0.403. The Kier molecular flexibility index (Phi) is 2.86. The second-order valence-corrected chi connectivity index (χ2v) is 2.86. The summed E-state index contributed by atoms with van der Waals surface area (Å²) in [5.74, 6) is -0.366. The molecule has 0 radical (unpaired) electrons. The molecule has 0 fully saturated rings. The lowest BCUT2D eigenvalue weighted by molar-refractivity contribution is -0.131. The molecule has 4 nitrogen and oxygen atoms in total. The summed E-state index contributed by atoms with van der Waals surface area (Å²) in [6.07, 6.45) is 1.82. The van der Waals surface area contributed by atoms with Crippen molar-refractivity contribution < 1.29 is 19.1 Å². The van der Waals surface area contributed by atoms with Crippen LogP contribution in [0.3, 0.4) is 0 Å². The SMILES string of the molecule is Cc1cc(C(=O)C=CC(=O)O)c(C)o1. The van der Waals surface area contributed by atoms with Gasteiger partial charge in [-0.25, -0.2) is 4.79 Å². The Balaban J connectivity index is 2.90. The topological polar surface area (TPSA) is 67.5 Å². The maximum Gasteiger partial charge on any atom is 0.328 e. The van der Waals surface area contributed by atoms with Crippen LogP contribution in [0, 0.1) is 13.8 Å². The fourth-order valence-corrected chi connectivity index (χ4v) is 1.11. The normalized spacial score (nSPS) is 10.7. The first-order chi connectivity index (χ1) is 6.50. The quantitative estimate of drug-likeness (QED) is 0.587. The number of rotatable bonds is 3. The number of carbonyl (C=O) groups excluding carboxylic acids is 1. The predicted molar refractivity (Wildman–Crippen MR) is 49.3 cm³/mol. The Morgan fingerprint density at radius 1 is 1.36 bits per heavy atom. The molecule has 1 N–H and O–H groups in total. The molecule has 0 spiro atoms. The van der Waals surface area contributed by atoms with E-state index in [1.165, 1.54) is 0 Å². The lowest BCUT2D eigenvalue weighted by Crippen LogP contribution is -1.96. The molecule has 0 saturated carbocycles. The summed E-state index contributed by atoms with van der Waals surface area (Å²) < 4.78 is 5.14. The van der Waals surface area contributed by atoms with Gasteiger partial charge < -0.3 is 9.52 Å². The molecule has 0 amide bonds. The average Bonchev–Trinajstić information content (AvgIpc) is 2.41. The van der Waals surface area contributed by atoms with Crippen LogP contribution in [0.15, 0.2) is 22.6 Å². The lowest BCUT2D eigenvalue weighted by Gasteiger charge is -1.89. The van der Waals surface area contributed by atoms with E-state index in [9.17, 15) is 9.59 Å². The third-order valence-electron chi connectivity index (χ3n) is 1.68. The molecule has 0 aliphatic heterocycles. The van der Waals surface area contributed by atoms with Crippen molar-refractivity contribution in [1.82, 2.24) is 0 Å². The first-order valence-corrected chi connectivity index (χ1v) is 4.03. The minimum Gasteiger partial charge on any atom is -0.478 e. The Morgan fingerprint density at radius 3 is 2.43 bits per heavy atom. The van der Waals surface area contributed by atoms with Gasteiger partial charge in [0.1, 0.15) is 11.5 Å². The van der Waals surface area contributed by atoms with E-state index in [0.717, 1.165) is 12.2 Å². The molecule has 74 valence electrons. The Hall–Kier alpha value is -1.84. The first kappa shape index (κ1) is 10.2. The molecular weight excluding hydrogens is 184 g/mol. The molecule has 1 rings (SSSR count). The third-order valence-corrected chi connectivity index (χ3v) is 1.68. The number of ketones is 1. The molecular formula is C10H10O4. The van der Waals surface area contributed by atoms with E-state index in [0.29, 0.717) is 17.1 Å². The third kappa shape index (κ3) is 2.32. The summed E-state index contributed by atoms with van der Waals surface area (Å²) in [4.78, 5) is 21.5. The average molecular weight is 194 g/mol. The van der Waals surface area contributed by atoms with Gasteiger partial charge in [-0.1, -0.05) is 0 Å². The first-order valence-electron chi connectivity index (χ1n) is 4.03. The smallest absolute Gasteiger partial charge is 0.328 e. The number of hydrogen-bond donors (Lipinski definition) is 1. The van der Waals surface area contributed by atoms with Gasteiger partial charge in [-0.15, -0.1) is 0 Å². The zero-order valence-electron chi connectivity index (χ0n) is 7.90. The van der Waals surface area contributed by atoms with Crippen LogP contribution in [0.1, 0.15) is 21.9 Å². The predicted octanol–water partition coefficient (Wildman–Crippen LogP) is 1.72. The second-order valence-electron chi connectivity index (χ2n) is 2.86. The molecule has 4 heteroatoms. The summed E-state index contributed by atoms with van der Waals surface area (Å²) in [5, 5.41) is 8.32. The van der Waals surface area contributed by atoms with Crippen LogP contribution in [0.4, 0.5) is 0 Å². The largest absolute Gasteiger partial charge is 0.478 e. The summed E-state index contributed by atoms with van der Waals surface area (Å²) in [7, 11) is 0. The van der Waals surface area contributed by atoms with Crippen LogP contribution in [0.5, 0.6) is 0 Å². The molecule has 0 aromatic carbocycles. The van der Waals surface area contributed by atoms with Crippen LogP contribution in [0.2, 0.25) is 0 Å². The molecule has 1 aromatic rings. The van der Waals surface area contributed by atoms with Crippen LogP contribution in [0.25, 0.3) is 0 Å². The van der Waals surface area contributed by atoms with E-state index < -0.39 is 5.97 Å². The summed E-state index contributed by atoms with van der Waals surface area (Å²) >= 11 is 0. The van der Waals surface area contributed by atoms with Crippen LogP contribution in [-0.4, -0.2) is 16.9 Å². The Morgan fingerprint density at radius 2 is 2.00 bits per heavy atom. The second kappa shape index (κ2) is 3.91. The maximum absolute atomic E-state index is 11.4. The van der Waals surface area contributed by atoms with Crippen molar-refractivity contribution in [2.24, 2.45) is 0 Å². The monoisotopic (exact) mass is 194 g/mol. The maximum atomic E-state index is 11.4. The van der Waals surface area contributed by atoms with Gasteiger partial charge in [-0.05, 0) is 26.0 Å². The van der Waals surface area contributed by atoms with Crippen molar-refractivity contribution in [2.75, 3.05) is 0 Å². The van der Waals surface area contributed by atoms with Gasteiger partial charge in [-0.2, -0.15) is 0 Å². The number of carbonyl (C=O) groups is 2. The number of aliphatic carboxylic acids is 1. The van der Waals surface area contributed by atoms with Gasteiger partial charge in [0, 0.05) is 6.08 Å². The van der Waals surface area contributed by atoms with E-state index in [2.05, 4.69) is 0 Å². The fourth-order valence-electron chi connectivity index (χ4n) is 1.11. The number of furan rings is 1. The molecule has 1 heterocycles. The molecule has 0 unspecified atom stereocenters. The van der Waals surface area contributed by atoms with Crippen LogP contribution in [-0.2, 0) is 4.79 Å². The molecule has 0 aliphatic carbocycles. The molecule has 0 saturated heterocycles. The van der Waals surface area contributed by atoms with E-state index in [1.807, 2.05) is 0 Å². The van der Waals surface area contributed by atoms with Gasteiger partial charge in [0.05, 0.1) is 5.56 Å². The van der Waals surface area contributed by atoms with Gasteiger partial charge in [-0.3, -0.25) is 4.79 Å². The zero-order chi connectivity index (χ0) is 10.7. The van der Waals surface area contributed by atoms with Gasteiger partial charge in [0.2, 0.25) is 0 Å². The lowest BCUT2D eigenvalue weighted by atomic mass is 10.1. The highest BCUT2D eigenvalue weighted by Crippen LogP contribution is 2.14. The fraction of sp³-hybridized carbons (Fsp3) is 0.200. The number of carboxylic acids is 1. The Labute approximate surface area is 80.8 Å². The minimum absolute atomic E-state index is 0.359. The number of carboxylic acid groups (broad SMARTS) is 1. The zero-order valence-corrected chi connectivity index (χ0v) is 7.90. The van der Waals surface area contributed by atoms with Crippen molar-refractivity contribution >= 4 is 11.8 Å². The van der Waals surface area contributed by atoms with Gasteiger partial charge in [0.15, 0.2) is 5.78 Å². The highest BCUT2D eigenvalue weighted by atomic mass is 16.4. The standard InChI is InChI=1S/C10H10O4/c1-6-5-8(7(2)14-6)9(11)3-4-10(12)13/h3-5H,1-2H3,(H,12,13). The van der Waals surface area contributed by atoms with E-state index >= 15 is 0 Å². The van der Waals surface area contributed by atoms with Crippen molar-refractivity contribution in [1.29, 1.82) is 0 Å². The molecule has 1 aromatic heterocycles. The minimum atomic E-state index is -1.14. The highest BCUT2D eigenvalue weighted by molar-refractivity contribution is 6.07. The molecule has 0 atom stereocenters. The highest BCUT2D eigenvalue weighted by Gasteiger charge is 2.10. The molecule has 0 aliphatic rings. The van der Waals surface area contributed by atoms with Gasteiger partial charge in [0.25, 0.3) is 0 Å². The van der Waals surface area contributed by atoms with E-state index in [1.54, 1.807) is 19.9 Å². The van der Waals surface area contributed by atoms with Crippen LogP contribution >= 0.6 is 0 Å². The van der Waals surface area contributed by atoms with Crippen molar-refractivity contribution in [3.05, 3.63) is 35.3 Å². The van der Waals surface area contributed by atoms with E-state index in [4.69, 9.17) is 9.52 Å². The van der Waals surface area contributed by atoms with Crippen molar-refractivity contribution in [2.45, 2.75) is 13.8 Å². The number of allylic oxidation sites excluding steroid dienone is 1. The van der Waals surface area contributed by atoms with Crippen molar-refractivity contribution in [3.63, 3.8) is 0 Å². The molecule has 0 bridgehead atoms. The number of hydrogen-bond acceptors (Lipinski definition) is 3.